The fourth-order valence-corrected chi connectivity index (χ4v) is 3.62. The van der Waals surface area contributed by atoms with Crippen molar-refractivity contribution in [3.63, 3.8) is 0 Å². The quantitative estimate of drug-likeness (QED) is 0.364. The Morgan fingerprint density at radius 3 is 2.03 bits per heavy atom. The zero-order valence-corrected chi connectivity index (χ0v) is 19.7. The Labute approximate surface area is 198 Å². The van der Waals surface area contributed by atoms with Gasteiger partial charge in [-0.1, -0.05) is 54.6 Å². The fourth-order valence-electron chi connectivity index (χ4n) is 3.62. The minimum atomic E-state index is -0.522. The van der Waals surface area contributed by atoms with Crippen LogP contribution in [0.5, 0.6) is 0 Å². The highest BCUT2D eigenvalue weighted by Crippen LogP contribution is 2.31. The molecule has 0 fully saturated rings. The molecule has 0 aliphatic rings. The normalized spacial score (nSPS) is 11.3. The monoisotopic (exact) mass is 454 g/mol. The highest BCUT2D eigenvalue weighted by atomic mass is 16.6. The number of carbonyl (C=O) groups excluding carboxylic acids is 2. The lowest BCUT2D eigenvalue weighted by Gasteiger charge is -2.19. The van der Waals surface area contributed by atoms with E-state index in [1.54, 1.807) is 18.2 Å². The third-order valence-corrected chi connectivity index (χ3v) is 5.13. The van der Waals surface area contributed by atoms with Crippen LogP contribution < -0.4 is 0 Å². The van der Waals surface area contributed by atoms with Crippen LogP contribution in [0.25, 0.3) is 33.5 Å². The molecule has 0 saturated carbocycles. The maximum Gasteiger partial charge on any atom is 0.337 e. The van der Waals surface area contributed by atoms with E-state index in [0.717, 1.165) is 22.4 Å². The number of hydrogen-bond donors (Lipinski definition) is 0. The maximum absolute atomic E-state index is 12.2. The molecule has 3 aromatic carbocycles. The van der Waals surface area contributed by atoms with E-state index in [2.05, 4.69) is 0 Å². The average molecular weight is 455 g/mol. The number of hydrogen-bond acceptors (Lipinski definition) is 6. The minimum absolute atomic E-state index is 0.189. The van der Waals surface area contributed by atoms with Gasteiger partial charge in [0.15, 0.2) is 0 Å². The number of aromatic nitrogens is 2. The summed E-state index contributed by atoms with van der Waals surface area (Å²) >= 11 is 0. The Bertz CT molecular complexity index is 1340. The Kier molecular flexibility index (Phi) is 6.41. The van der Waals surface area contributed by atoms with Crippen molar-refractivity contribution in [2.24, 2.45) is 0 Å². The van der Waals surface area contributed by atoms with Gasteiger partial charge >= 0.3 is 11.9 Å². The molecule has 0 N–H and O–H groups in total. The molecule has 0 radical (unpaired) electrons. The predicted octanol–water partition coefficient (Wildman–Crippen LogP) is 5.63. The van der Waals surface area contributed by atoms with Crippen LogP contribution >= 0.6 is 0 Å². The van der Waals surface area contributed by atoms with Crippen molar-refractivity contribution in [2.45, 2.75) is 32.8 Å². The SMILES string of the molecule is COC(=O)c1ccc2nc(-c3ccccc3)c(-c3ccc(CC(=O)OC(C)(C)C)cc3)nc2c1. The van der Waals surface area contributed by atoms with E-state index >= 15 is 0 Å². The summed E-state index contributed by atoms with van der Waals surface area (Å²) in [6.07, 6.45) is 0.189. The minimum Gasteiger partial charge on any atom is -0.465 e. The van der Waals surface area contributed by atoms with E-state index in [1.165, 1.54) is 7.11 Å². The number of benzene rings is 3. The summed E-state index contributed by atoms with van der Waals surface area (Å²) in [4.78, 5) is 33.9. The molecule has 0 aliphatic carbocycles. The Morgan fingerprint density at radius 2 is 1.41 bits per heavy atom. The van der Waals surface area contributed by atoms with Gasteiger partial charge in [-0.05, 0) is 44.5 Å². The first-order valence-corrected chi connectivity index (χ1v) is 11.0. The van der Waals surface area contributed by atoms with Crippen LogP contribution in [0.3, 0.4) is 0 Å². The molecule has 0 aliphatic heterocycles. The van der Waals surface area contributed by atoms with Crippen molar-refractivity contribution >= 4 is 23.0 Å². The number of ether oxygens (including phenoxy) is 2. The van der Waals surface area contributed by atoms with E-state index in [1.807, 2.05) is 75.4 Å². The summed E-state index contributed by atoms with van der Waals surface area (Å²) in [5.41, 5.74) is 5.21. The van der Waals surface area contributed by atoms with Crippen molar-refractivity contribution in [1.29, 1.82) is 0 Å². The second-order valence-corrected chi connectivity index (χ2v) is 8.94. The van der Waals surface area contributed by atoms with Crippen LogP contribution in [-0.2, 0) is 20.7 Å². The highest BCUT2D eigenvalue weighted by molar-refractivity contribution is 5.95. The van der Waals surface area contributed by atoms with Gasteiger partial charge < -0.3 is 9.47 Å². The first-order chi connectivity index (χ1) is 16.2. The molecule has 0 atom stereocenters. The molecule has 172 valence electrons. The molecule has 0 spiro atoms. The van der Waals surface area contributed by atoms with Crippen LogP contribution in [0.15, 0.2) is 72.8 Å². The molecule has 1 aromatic heterocycles. The average Bonchev–Trinajstić information content (AvgIpc) is 2.82. The van der Waals surface area contributed by atoms with E-state index in [9.17, 15) is 9.59 Å². The molecule has 6 heteroatoms. The Morgan fingerprint density at radius 1 is 0.794 bits per heavy atom. The number of nitrogens with zero attached hydrogens (tertiary/aromatic N) is 2. The van der Waals surface area contributed by atoms with E-state index in [-0.39, 0.29) is 12.4 Å². The van der Waals surface area contributed by atoms with Crippen LogP contribution in [0.2, 0.25) is 0 Å². The third-order valence-electron chi connectivity index (χ3n) is 5.13. The van der Waals surface area contributed by atoms with Crippen molar-refractivity contribution in [3.05, 3.63) is 83.9 Å². The molecular formula is C28H26N2O4. The number of carbonyl (C=O) groups is 2. The van der Waals surface area contributed by atoms with E-state index in [0.29, 0.717) is 22.3 Å². The molecule has 0 bridgehead atoms. The smallest absolute Gasteiger partial charge is 0.337 e. The zero-order chi connectivity index (χ0) is 24.3. The van der Waals surface area contributed by atoms with Gasteiger partial charge in [0.2, 0.25) is 0 Å². The largest absolute Gasteiger partial charge is 0.465 e. The van der Waals surface area contributed by atoms with Gasteiger partial charge in [0.1, 0.15) is 5.60 Å². The molecule has 4 aromatic rings. The second-order valence-electron chi connectivity index (χ2n) is 8.94. The highest BCUT2D eigenvalue weighted by Gasteiger charge is 2.18. The van der Waals surface area contributed by atoms with Gasteiger partial charge in [0.05, 0.1) is 41.5 Å². The van der Waals surface area contributed by atoms with Gasteiger partial charge in [0, 0.05) is 11.1 Å². The van der Waals surface area contributed by atoms with Crippen LogP contribution in [0.4, 0.5) is 0 Å². The van der Waals surface area contributed by atoms with E-state index < -0.39 is 11.6 Å². The molecular weight excluding hydrogens is 428 g/mol. The summed E-state index contributed by atoms with van der Waals surface area (Å²) < 4.78 is 10.3. The number of esters is 2. The topological polar surface area (TPSA) is 78.4 Å². The lowest BCUT2D eigenvalue weighted by molar-refractivity contribution is -0.153. The van der Waals surface area contributed by atoms with Gasteiger partial charge in [0.25, 0.3) is 0 Å². The molecule has 6 nitrogen and oxygen atoms in total. The Balaban J connectivity index is 1.76. The molecule has 34 heavy (non-hydrogen) atoms. The summed E-state index contributed by atoms with van der Waals surface area (Å²) in [6.45, 7) is 5.55. The maximum atomic E-state index is 12.2. The fraction of sp³-hybridized carbons (Fsp3) is 0.214. The summed E-state index contributed by atoms with van der Waals surface area (Å²) in [6, 6.07) is 22.6. The summed E-state index contributed by atoms with van der Waals surface area (Å²) in [7, 11) is 1.35. The van der Waals surface area contributed by atoms with Gasteiger partial charge in [-0.25, -0.2) is 14.8 Å². The van der Waals surface area contributed by atoms with Crippen molar-refractivity contribution in [3.8, 4) is 22.5 Å². The zero-order valence-electron chi connectivity index (χ0n) is 19.7. The Hall–Kier alpha value is -4.06. The van der Waals surface area contributed by atoms with Crippen molar-refractivity contribution in [2.75, 3.05) is 7.11 Å². The first kappa shape index (κ1) is 23.1. The van der Waals surface area contributed by atoms with Crippen LogP contribution in [-0.4, -0.2) is 34.6 Å². The molecule has 4 rings (SSSR count). The van der Waals surface area contributed by atoms with Gasteiger partial charge in [-0.15, -0.1) is 0 Å². The number of rotatable bonds is 5. The summed E-state index contributed by atoms with van der Waals surface area (Å²) in [5, 5.41) is 0. The number of methoxy groups -OCH3 is 1. The predicted molar refractivity (Wildman–Crippen MR) is 131 cm³/mol. The standard InChI is InChI=1S/C28H26N2O4/c1-28(2,3)34-24(31)16-18-10-12-20(13-11-18)26-25(19-8-6-5-7-9-19)29-22-15-14-21(27(32)33-4)17-23(22)30-26/h5-15,17H,16H2,1-4H3. The molecule has 0 unspecified atom stereocenters. The first-order valence-electron chi connectivity index (χ1n) is 11.0. The van der Waals surface area contributed by atoms with Crippen LogP contribution in [0, 0.1) is 0 Å². The van der Waals surface area contributed by atoms with Crippen LogP contribution in [0.1, 0.15) is 36.7 Å². The van der Waals surface area contributed by atoms with Crippen molar-refractivity contribution < 1.29 is 19.1 Å². The lowest BCUT2D eigenvalue weighted by atomic mass is 10.0. The summed E-state index contributed by atoms with van der Waals surface area (Å²) in [5.74, 6) is -0.699. The van der Waals surface area contributed by atoms with Gasteiger partial charge in [-0.2, -0.15) is 0 Å². The molecule has 0 saturated heterocycles. The number of fused-ring (bicyclic) bond motifs is 1. The molecule has 0 amide bonds. The second kappa shape index (κ2) is 9.43. The lowest BCUT2D eigenvalue weighted by Crippen LogP contribution is -2.24. The van der Waals surface area contributed by atoms with Crippen molar-refractivity contribution in [1.82, 2.24) is 9.97 Å². The van der Waals surface area contributed by atoms with E-state index in [4.69, 9.17) is 19.4 Å². The molecule has 1 heterocycles. The van der Waals surface area contributed by atoms with Gasteiger partial charge in [-0.3, -0.25) is 4.79 Å². The third kappa shape index (κ3) is 5.29.